The van der Waals surface area contributed by atoms with Gasteiger partial charge in [0.15, 0.2) is 0 Å². The fourth-order valence-corrected chi connectivity index (χ4v) is 1.12. The molecule has 0 unspecified atom stereocenters. The molecule has 0 aromatic carbocycles. The molecule has 0 atom stereocenters. The summed E-state index contributed by atoms with van der Waals surface area (Å²) in [6.45, 7) is 0. The lowest BCUT2D eigenvalue weighted by molar-refractivity contribution is 0.397. The minimum atomic E-state index is -2.57. The molecule has 0 saturated heterocycles. The van der Waals surface area contributed by atoms with E-state index in [1.165, 1.54) is 30.9 Å². The van der Waals surface area contributed by atoms with E-state index in [2.05, 4.69) is 19.7 Å². The third-order valence-corrected chi connectivity index (χ3v) is 1.77. The van der Waals surface area contributed by atoms with Crippen LogP contribution in [-0.4, -0.2) is 27.1 Å². The fourth-order valence-electron chi connectivity index (χ4n) is 1.12. The third kappa shape index (κ3) is 2.01. The zero-order valence-corrected chi connectivity index (χ0v) is 7.58. The predicted octanol–water partition coefficient (Wildman–Crippen LogP) is 1.25. The number of aromatic hydroxyl groups is 1. The number of hydrogen-bond acceptors (Lipinski definition) is 5. The quantitative estimate of drug-likeness (QED) is 0.800. The lowest BCUT2D eigenvalue weighted by Gasteiger charge is -2.02. The molecule has 0 amide bonds. The number of pyridine rings is 1. The summed E-state index contributed by atoms with van der Waals surface area (Å²) in [5.74, 6) is -0.0762. The first kappa shape index (κ1) is 6.34. The Labute approximate surface area is 90.6 Å². The molecule has 0 aliphatic carbocycles. The standard InChI is InChI=1S/C10H9N3O2/c1-15-10-3-9(12-6-13-10)7-2-8(14)5-11-4-7/h2-6,14H,1H3/i1D3. The summed E-state index contributed by atoms with van der Waals surface area (Å²) in [6.07, 6.45) is 3.95. The van der Waals surface area contributed by atoms with E-state index < -0.39 is 7.04 Å². The maximum absolute atomic E-state index is 9.30. The van der Waals surface area contributed by atoms with Gasteiger partial charge in [-0.3, -0.25) is 4.98 Å². The molecule has 0 aliphatic heterocycles. The highest BCUT2D eigenvalue weighted by Gasteiger charge is 2.03. The molecule has 5 nitrogen and oxygen atoms in total. The number of nitrogens with zero attached hydrogens (tertiary/aromatic N) is 3. The molecule has 0 bridgehead atoms. The van der Waals surface area contributed by atoms with Gasteiger partial charge in [0, 0.05) is 17.8 Å². The Kier molecular flexibility index (Phi) is 1.65. The highest BCUT2D eigenvalue weighted by atomic mass is 16.5. The average molecular weight is 206 g/mol. The molecule has 2 heterocycles. The molecule has 2 aromatic rings. The first-order valence-corrected chi connectivity index (χ1v) is 4.09. The first-order chi connectivity index (χ1) is 8.44. The van der Waals surface area contributed by atoms with Crippen LogP contribution in [0.3, 0.4) is 0 Å². The second kappa shape index (κ2) is 3.91. The molecule has 0 radical (unpaired) electrons. The Bertz CT molecular complexity index is 560. The van der Waals surface area contributed by atoms with E-state index in [4.69, 9.17) is 4.11 Å². The van der Waals surface area contributed by atoms with Crippen molar-refractivity contribution in [3.63, 3.8) is 0 Å². The molecule has 0 fully saturated rings. The first-order valence-electron chi connectivity index (χ1n) is 5.59. The number of ether oxygens (including phenoxy) is 1. The summed E-state index contributed by atoms with van der Waals surface area (Å²) in [7, 11) is -2.57. The smallest absolute Gasteiger partial charge is 0.216 e. The Balaban J connectivity index is 2.33. The van der Waals surface area contributed by atoms with Gasteiger partial charge in [-0.2, -0.15) is 0 Å². The van der Waals surface area contributed by atoms with E-state index in [-0.39, 0.29) is 11.6 Å². The van der Waals surface area contributed by atoms with Crippen molar-refractivity contribution in [1.29, 1.82) is 0 Å². The van der Waals surface area contributed by atoms with Crippen LogP contribution in [0.15, 0.2) is 30.9 Å². The summed E-state index contributed by atoms with van der Waals surface area (Å²) in [5, 5.41) is 9.30. The predicted molar refractivity (Wildman–Crippen MR) is 53.5 cm³/mol. The molecule has 0 spiro atoms. The fraction of sp³-hybridized carbons (Fsp3) is 0.100. The van der Waals surface area contributed by atoms with Crippen molar-refractivity contribution in [2.75, 3.05) is 7.04 Å². The van der Waals surface area contributed by atoms with Crippen LogP contribution in [0.1, 0.15) is 4.11 Å². The average Bonchev–Trinajstić information content (AvgIpc) is 2.27. The van der Waals surface area contributed by atoms with E-state index in [1.807, 2.05) is 0 Å². The van der Waals surface area contributed by atoms with Gasteiger partial charge in [0.25, 0.3) is 0 Å². The maximum atomic E-state index is 9.30. The molecule has 15 heavy (non-hydrogen) atoms. The number of hydrogen-bond donors (Lipinski definition) is 1. The van der Waals surface area contributed by atoms with E-state index in [0.29, 0.717) is 11.3 Å². The number of rotatable bonds is 2. The van der Waals surface area contributed by atoms with Crippen LogP contribution in [0.4, 0.5) is 0 Å². The van der Waals surface area contributed by atoms with Gasteiger partial charge in [-0.1, -0.05) is 0 Å². The van der Waals surface area contributed by atoms with Gasteiger partial charge in [-0.15, -0.1) is 0 Å². The van der Waals surface area contributed by atoms with Gasteiger partial charge in [0.05, 0.1) is 23.0 Å². The van der Waals surface area contributed by atoms with Crippen molar-refractivity contribution in [3.8, 4) is 22.9 Å². The van der Waals surface area contributed by atoms with Gasteiger partial charge in [0.1, 0.15) is 12.1 Å². The monoisotopic (exact) mass is 206 g/mol. The topological polar surface area (TPSA) is 68.1 Å². The molecule has 2 rings (SSSR count). The SMILES string of the molecule is [2H]C([2H])([2H])Oc1cc(-c2cncc(O)c2)ncn1. The Morgan fingerprint density at radius 3 is 3.07 bits per heavy atom. The number of aromatic nitrogens is 3. The van der Waals surface area contributed by atoms with Gasteiger partial charge in [-0.05, 0) is 6.07 Å². The molecule has 5 heteroatoms. The van der Waals surface area contributed by atoms with Crippen molar-refractivity contribution in [3.05, 3.63) is 30.9 Å². The minimum Gasteiger partial charge on any atom is -0.506 e. The molecule has 76 valence electrons. The largest absolute Gasteiger partial charge is 0.506 e. The maximum Gasteiger partial charge on any atom is 0.216 e. The van der Waals surface area contributed by atoms with Crippen LogP contribution >= 0.6 is 0 Å². The molecule has 2 aromatic heterocycles. The Morgan fingerprint density at radius 1 is 1.33 bits per heavy atom. The summed E-state index contributed by atoms with van der Waals surface area (Å²) in [4.78, 5) is 11.5. The van der Waals surface area contributed by atoms with Crippen LogP contribution in [0.5, 0.6) is 11.6 Å². The molecule has 1 N–H and O–H groups in total. The molecule has 0 aliphatic rings. The normalized spacial score (nSPS) is 13.7. The van der Waals surface area contributed by atoms with Crippen molar-refractivity contribution in [1.82, 2.24) is 15.0 Å². The summed E-state index contributed by atoms with van der Waals surface area (Å²) < 4.78 is 25.6. The van der Waals surface area contributed by atoms with Crippen molar-refractivity contribution in [2.24, 2.45) is 0 Å². The van der Waals surface area contributed by atoms with E-state index in [0.717, 1.165) is 0 Å². The van der Waals surface area contributed by atoms with E-state index in [1.54, 1.807) is 0 Å². The van der Waals surface area contributed by atoms with Gasteiger partial charge in [-0.25, -0.2) is 9.97 Å². The van der Waals surface area contributed by atoms with Crippen LogP contribution in [0, 0.1) is 0 Å². The lowest BCUT2D eigenvalue weighted by atomic mass is 10.2. The highest BCUT2D eigenvalue weighted by molar-refractivity contribution is 5.60. The highest BCUT2D eigenvalue weighted by Crippen LogP contribution is 2.21. The van der Waals surface area contributed by atoms with Crippen molar-refractivity contribution >= 4 is 0 Å². The summed E-state index contributed by atoms with van der Waals surface area (Å²) in [5.41, 5.74) is 0.945. The Morgan fingerprint density at radius 2 is 2.27 bits per heavy atom. The van der Waals surface area contributed by atoms with Gasteiger partial charge in [0.2, 0.25) is 5.88 Å². The minimum absolute atomic E-state index is 0.00981. The van der Waals surface area contributed by atoms with Crippen LogP contribution < -0.4 is 4.74 Å². The zero-order valence-electron chi connectivity index (χ0n) is 10.6. The molecule has 0 saturated carbocycles. The van der Waals surface area contributed by atoms with Gasteiger partial charge < -0.3 is 9.84 Å². The summed E-state index contributed by atoms with van der Waals surface area (Å²) >= 11 is 0. The van der Waals surface area contributed by atoms with Crippen LogP contribution in [0.2, 0.25) is 0 Å². The van der Waals surface area contributed by atoms with E-state index in [9.17, 15) is 5.11 Å². The summed E-state index contributed by atoms with van der Waals surface area (Å²) in [6, 6.07) is 2.82. The third-order valence-electron chi connectivity index (χ3n) is 1.77. The van der Waals surface area contributed by atoms with Crippen LogP contribution in [0.25, 0.3) is 11.3 Å². The van der Waals surface area contributed by atoms with Crippen molar-refractivity contribution < 1.29 is 14.0 Å². The number of methoxy groups -OCH3 is 1. The Hall–Kier alpha value is -2.17. The molecular weight excluding hydrogens is 194 g/mol. The second-order valence-electron chi connectivity index (χ2n) is 2.78. The zero-order chi connectivity index (χ0) is 13.2. The van der Waals surface area contributed by atoms with Crippen LogP contribution in [-0.2, 0) is 0 Å². The van der Waals surface area contributed by atoms with Crippen molar-refractivity contribution in [2.45, 2.75) is 0 Å². The van der Waals surface area contributed by atoms with Gasteiger partial charge >= 0.3 is 0 Å². The van der Waals surface area contributed by atoms with E-state index >= 15 is 0 Å². The lowest BCUT2D eigenvalue weighted by Crippen LogP contribution is -1.91. The molecular formula is C10H9N3O2. The second-order valence-corrected chi connectivity index (χ2v) is 2.78.